The van der Waals surface area contributed by atoms with Gasteiger partial charge in [-0.05, 0) is 36.6 Å². The lowest BCUT2D eigenvalue weighted by atomic mass is 10.1. The fourth-order valence-electron chi connectivity index (χ4n) is 2.88. The van der Waals surface area contributed by atoms with Gasteiger partial charge in [0.2, 0.25) is 0 Å². The zero-order valence-corrected chi connectivity index (χ0v) is 13.2. The minimum Gasteiger partial charge on any atom is -0.263 e. The van der Waals surface area contributed by atoms with Gasteiger partial charge in [-0.2, -0.15) is 0 Å². The maximum absolute atomic E-state index is 13.1. The maximum Gasteiger partial charge on any atom is 0.264 e. The van der Waals surface area contributed by atoms with Crippen LogP contribution in [0.3, 0.4) is 0 Å². The molecule has 0 amide bonds. The maximum atomic E-state index is 13.1. The molecule has 0 aromatic heterocycles. The Kier molecular flexibility index (Phi) is 3.68. The topological polar surface area (TPSA) is 37.4 Å². The normalized spacial score (nSPS) is 17.8. The molecule has 1 heterocycles. The fourth-order valence-corrected chi connectivity index (χ4v) is 5.11. The van der Waals surface area contributed by atoms with E-state index in [1.807, 2.05) is 31.2 Å². The molecule has 2 aromatic rings. The van der Waals surface area contributed by atoms with E-state index in [1.165, 1.54) is 4.31 Å². The number of hydrogen-bond acceptors (Lipinski definition) is 2. The number of alkyl halides is 1. The smallest absolute Gasteiger partial charge is 0.263 e. The summed E-state index contributed by atoms with van der Waals surface area (Å²) in [6.07, 6.45) is 0.735. The van der Waals surface area contributed by atoms with Crippen LogP contribution in [0.2, 0.25) is 0 Å². The molecule has 1 aliphatic heterocycles. The van der Waals surface area contributed by atoms with E-state index in [9.17, 15) is 8.42 Å². The van der Waals surface area contributed by atoms with Gasteiger partial charge < -0.3 is 0 Å². The van der Waals surface area contributed by atoms with E-state index in [1.54, 1.807) is 24.3 Å². The van der Waals surface area contributed by atoms with Crippen molar-refractivity contribution in [3.8, 4) is 0 Å². The summed E-state index contributed by atoms with van der Waals surface area (Å²) in [7, 11) is -3.60. The zero-order valence-electron chi connectivity index (χ0n) is 11.7. The minimum absolute atomic E-state index is 0.0872. The second-order valence-electron chi connectivity index (χ2n) is 5.22. The van der Waals surface area contributed by atoms with Gasteiger partial charge in [-0.25, -0.2) is 8.42 Å². The average Bonchev–Trinajstić information content (AvgIpc) is 2.83. The van der Waals surface area contributed by atoms with Crippen LogP contribution in [0.4, 0.5) is 5.69 Å². The molecular formula is C16H16ClNO2S. The Labute approximate surface area is 130 Å². The molecule has 0 saturated carbocycles. The van der Waals surface area contributed by atoms with Crippen molar-refractivity contribution < 1.29 is 8.42 Å². The molecule has 0 aliphatic carbocycles. The van der Waals surface area contributed by atoms with Gasteiger partial charge in [-0.1, -0.05) is 36.4 Å². The molecular weight excluding hydrogens is 306 g/mol. The lowest BCUT2D eigenvalue weighted by Gasteiger charge is -2.25. The molecule has 1 atom stereocenters. The number of halogens is 1. The number of sulfonamides is 1. The molecule has 3 nitrogen and oxygen atoms in total. The van der Waals surface area contributed by atoms with E-state index in [0.29, 0.717) is 10.5 Å². The number of nitrogens with zero attached hydrogens (tertiary/aromatic N) is 1. The van der Waals surface area contributed by atoms with Crippen LogP contribution in [0.15, 0.2) is 53.4 Å². The van der Waals surface area contributed by atoms with Crippen molar-refractivity contribution in [2.24, 2.45) is 0 Å². The van der Waals surface area contributed by atoms with Gasteiger partial charge in [-0.15, -0.1) is 11.6 Å². The van der Waals surface area contributed by atoms with Crippen molar-refractivity contribution in [2.75, 3.05) is 4.31 Å². The number of fused-ring (bicyclic) bond motifs is 1. The highest BCUT2D eigenvalue weighted by Crippen LogP contribution is 2.37. The molecule has 0 saturated heterocycles. The van der Waals surface area contributed by atoms with Gasteiger partial charge in [-0.3, -0.25) is 4.31 Å². The standard InChI is InChI=1S/C16H16ClNO2S/c1-12-10-13-6-2-4-8-15(13)18(12)21(19,20)16-9-5-3-7-14(16)11-17/h2-9,12H,10-11H2,1H3. The molecule has 2 aromatic carbocycles. The summed E-state index contributed by atoms with van der Waals surface area (Å²) < 4.78 is 27.6. The number of hydrogen-bond donors (Lipinski definition) is 0. The van der Waals surface area contributed by atoms with Crippen LogP contribution >= 0.6 is 11.6 Å². The Hall–Kier alpha value is -1.52. The van der Waals surface area contributed by atoms with Crippen molar-refractivity contribution in [1.29, 1.82) is 0 Å². The molecule has 1 unspecified atom stereocenters. The molecule has 0 N–H and O–H groups in total. The summed E-state index contributed by atoms with van der Waals surface area (Å²) in [4.78, 5) is 0.295. The first-order valence-corrected chi connectivity index (χ1v) is 8.79. The predicted molar refractivity (Wildman–Crippen MR) is 85.3 cm³/mol. The van der Waals surface area contributed by atoms with Gasteiger partial charge >= 0.3 is 0 Å². The second-order valence-corrected chi connectivity index (χ2v) is 7.27. The fraction of sp³-hybridized carbons (Fsp3) is 0.250. The summed E-state index contributed by atoms with van der Waals surface area (Å²) in [5.74, 6) is 0.180. The van der Waals surface area contributed by atoms with Crippen LogP contribution < -0.4 is 4.31 Å². The quantitative estimate of drug-likeness (QED) is 0.810. The number of anilines is 1. The summed E-state index contributed by atoms with van der Waals surface area (Å²) in [6.45, 7) is 1.93. The van der Waals surface area contributed by atoms with Crippen LogP contribution in [0.25, 0.3) is 0 Å². The SMILES string of the molecule is CC1Cc2ccccc2N1S(=O)(=O)c1ccccc1CCl. The van der Waals surface area contributed by atoms with Crippen LogP contribution in [-0.4, -0.2) is 14.5 Å². The first-order chi connectivity index (χ1) is 10.1. The van der Waals surface area contributed by atoms with Gasteiger partial charge in [0.15, 0.2) is 0 Å². The molecule has 0 spiro atoms. The van der Waals surface area contributed by atoms with E-state index in [4.69, 9.17) is 11.6 Å². The van der Waals surface area contributed by atoms with E-state index in [2.05, 4.69) is 0 Å². The highest BCUT2D eigenvalue weighted by Gasteiger charge is 2.36. The van der Waals surface area contributed by atoms with Crippen molar-refractivity contribution in [1.82, 2.24) is 0 Å². The number of rotatable bonds is 3. The third-order valence-corrected chi connectivity index (χ3v) is 6.11. The first kappa shape index (κ1) is 14.4. The zero-order chi connectivity index (χ0) is 15.0. The van der Waals surface area contributed by atoms with Crippen molar-refractivity contribution in [3.63, 3.8) is 0 Å². The van der Waals surface area contributed by atoms with Crippen LogP contribution in [-0.2, 0) is 22.3 Å². The Balaban J connectivity index is 2.15. The van der Waals surface area contributed by atoms with Gasteiger partial charge in [0.1, 0.15) is 0 Å². The summed E-state index contributed by atoms with van der Waals surface area (Å²) in [5, 5.41) is 0. The lowest BCUT2D eigenvalue weighted by Crippen LogP contribution is -2.36. The molecule has 0 fully saturated rings. The average molecular weight is 322 g/mol. The van der Waals surface area contributed by atoms with Crippen LogP contribution in [0, 0.1) is 0 Å². The third kappa shape index (κ3) is 2.32. The van der Waals surface area contributed by atoms with Crippen LogP contribution in [0.5, 0.6) is 0 Å². The summed E-state index contributed by atoms with van der Waals surface area (Å²) in [6, 6.07) is 14.5. The first-order valence-electron chi connectivity index (χ1n) is 6.82. The van der Waals surface area contributed by atoms with E-state index >= 15 is 0 Å². The monoisotopic (exact) mass is 321 g/mol. The highest BCUT2D eigenvalue weighted by atomic mass is 35.5. The Morgan fingerprint density at radius 2 is 1.81 bits per heavy atom. The van der Waals surface area contributed by atoms with E-state index in [-0.39, 0.29) is 11.9 Å². The van der Waals surface area contributed by atoms with Crippen LogP contribution in [0.1, 0.15) is 18.1 Å². The van der Waals surface area contributed by atoms with E-state index in [0.717, 1.165) is 17.7 Å². The molecule has 3 rings (SSSR count). The Morgan fingerprint density at radius 3 is 2.57 bits per heavy atom. The largest absolute Gasteiger partial charge is 0.264 e. The summed E-state index contributed by atoms with van der Waals surface area (Å²) in [5.41, 5.74) is 2.47. The van der Waals surface area contributed by atoms with Gasteiger partial charge in [0.05, 0.1) is 10.6 Å². The second kappa shape index (κ2) is 5.35. The van der Waals surface area contributed by atoms with Crippen molar-refractivity contribution >= 4 is 27.3 Å². The Morgan fingerprint density at radius 1 is 1.14 bits per heavy atom. The predicted octanol–water partition coefficient (Wildman–Crippen LogP) is 3.57. The van der Waals surface area contributed by atoms with E-state index < -0.39 is 10.0 Å². The molecule has 5 heteroatoms. The highest BCUT2D eigenvalue weighted by molar-refractivity contribution is 7.93. The minimum atomic E-state index is -3.60. The Bertz CT molecular complexity index is 773. The lowest BCUT2D eigenvalue weighted by molar-refractivity contribution is 0.583. The number of para-hydroxylation sites is 1. The molecule has 0 radical (unpaired) electrons. The molecule has 21 heavy (non-hydrogen) atoms. The summed E-state index contributed by atoms with van der Waals surface area (Å²) >= 11 is 5.90. The van der Waals surface area contributed by atoms with Crippen molar-refractivity contribution in [3.05, 3.63) is 59.7 Å². The van der Waals surface area contributed by atoms with Crippen molar-refractivity contribution in [2.45, 2.75) is 30.2 Å². The molecule has 1 aliphatic rings. The molecule has 110 valence electrons. The van der Waals surface area contributed by atoms with Gasteiger partial charge in [0.25, 0.3) is 10.0 Å². The third-order valence-electron chi connectivity index (χ3n) is 3.80. The number of benzene rings is 2. The molecule has 0 bridgehead atoms. The van der Waals surface area contributed by atoms with Gasteiger partial charge in [0, 0.05) is 11.9 Å².